The highest BCUT2D eigenvalue weighted by atomic mass is 16.3. The molecule has 40 heavy (non-hydrogen) atoms. The lowest BCUT2D eigenvalue weighted by atomic mass is 9.74. The Kier molecular flexibility index (Phi) is 4.90. The van der Waals surface area contributed by atoms with Crippen LogP contribution in [0.2, 0.25) is 0 Å². The number of aryl methyl sites for hydroxylation is 2. The number of hydrogen-bond acceptors (Lipinski definition) is 10. The fourth-order valence-electron chi connectivity index (χ4n) is 5.53. The van der Waals surface area contributed by atoms with Gasteiger partial charge in [0.2, 0.25) is 0 Å². The number of phenols is 6. The third-order valence-electron chi connectivity index (χ3n) is 7.32. The summed E-state index contributed by atoms with van der Waals surface area (Å²) in [4.78, 5) is 54.7. The van der Waals surface area contributed by atoms with E-state index >= 15 is 0 Å². The van der Waals surface area contributed by atoms with E-state index in [4.69, 9.17) is 0 Å². The van der Waals surface area contributed by atoms with E-state index in [1.165, 1.54) is 26.0 Å². The van der Waals surface area contributed by atoms with Gasteiger partial charge in [-0.25, -0.2) is 0 Å². The Hall–Kier alpha value is -5.64. The maximum Gasteiger partial charge on any atom is 0.199 e. The number of fused-ring (bicyclic) bond motifs is 4. The van der Waals surface area contributed by atoms with E-state index in [1.807, 2.05) is 0 Å². The molecule has 0 atom stereocenters. The first-order valence-corrected chi connectivity index (χ1v) is 11.9. The SMILES string of the molecule is Cc1cc2c(c(-c3c(O)c(C)cc4c3C(=O)c3c(O)cc(O)cc3C4=O)c1O)C(=O)c1c(O)cc(O)cc1C2=O. The number of aromatic hydroxyl groups is 6. The average Bonchev–Trinajstić information content (AvgIpc) is 2.87. The molecule has 0 saturated carbocycles. The number of carbonyl (C=O) groups is 4. The van der Waals surface area contributed by atoms with Gasteiger partial charge >= 0.3 is 0 Å². The molecule has 10 heteroatoms. The van der Waals surface area contributed by atoms with Gasteiger partial charge in [-0.2, -0.15) is 0 Å². The summed E-state index contributed by atoms with van der Waals surface area (Å²) in [6.45, 7) is 2.84. The van der Waals surface area contributed by atoms with Crippen LogP contribution >= 0.6 is 0 Å². The van der Waals surface area contributed by atoms with Crippen molar-refractivity contribution in [3.63, 3.8) is 0 Å². The fourth-order valence-corrected chi connectivity index (χ4v) is 5.53. The van der Waals surface area contributed by atoms with Crippen molar-refractivity contribution in [3.05, 3.63) is 92.0 Å². The predicted octanol–water partition coefficient (Wildman–Crippen LogP) is 3.75. The summed E-state index contributed by atoms with van der Waals surface area (Å²) in [6.07, 6.45) is 0. The molecule has 0 unspecified atom stereocenters. The molecule has 4 aromatic rings. The molecular weight excluding hydrogens is 520 g/mol. The topological polar surface area (TPSA) is 190 Å². The van der Waals surface area contributed by atoms with Crippen LogP contribution in [0.1, 0.15) is 74.8 Å². The Morgan fingerprint density at radius 2 is 0.725 bits per heavy atom. The van der Waals surface area contributed by atoms with Gasteiger partial charge < -0.3 is 30.6 Å². The molecule has 2 aliphatic carbocycles. The second kappa shape index (κ2) is 7.93. The van der Waals surface area contributed by atoms with Gasteiger partial charge in [0.25, 0.3) is 0 Å². The molecule has 0 radical (unpaired) electrons. The standard InChI is InChI=1S/C30H18O10/c1-9-3-13-21(29(39)19-15(27(13)37)5-11(31)7-17(19)33)23(25(9)35)24-22-14(4-10(2)26(24)36)28(38)16-6-12(32)8-18(34)20(16)30(22)40/h3-8,31-36H,1-2H3. The number of hydrogen-bond donors (Lipinski definition) is 6. The Labute approximate surface area is 224 Å². The van der Waals surface area contributed by atoms with E-state index in [9.17, 15) is 49.8 Å². The van der Waals surface area contributed by atoms with E-state index in [2.05, 4.69) is 0 Å². The highest BCUT2D eigenvalue weighted by Crippen LogP contribution is 2.51. The molecule has 2 aliphatic rings. The average molecular weight is 538 g/mol. The minimum absolute atomic E-state index is 0.0835. The van der Waals surface area contributed by atoms with E-state index in [-0.39, 0.29) is 33.4 Å². The lowest BCUT2D eigenvalue weighted by Crippen LogP contribution is -2.25. The van der Waals surface area contributed by atoms with E-state index in [0.717, 1.165) is 24.3 Å². The minimum atomic E-state index is -0.940. The molecule has 0 aromatic heterocycles. The van der Waals surface area contributed by atoms with Crippen molar-refractivity contribution in [2.45, 2.75) is 13.8 Å². The first kappa shape index (κ1) is 24.7. The highest BCUT2D eigenvalue weighted by molar-refractivity contribution is 6.35. The zero-order valence-electron chi connectivity index (χ0n) is 20.8. The van der Waals surface area contributed by atoms with Crippen LogP contribution in [0.3, 0.4) is 0 Å². The first-order valence-electron chi connectivity index (χ1n) is 11.9. The van der Waals surface area contributed by atoms with Crippen molar-refractivity contribution >= 4 is 23.1 Å². The molecule has 0 amide bonds. The lowest BCUT2D eigenvalue weighted by Gasteiger charge is -2.27. The van der Waals surface area contributed by atoms with Crippen molar-refractivity contribution in [1.29, 1.82) is 0 Å². The largest absolute Gasteiger partial charge is 0.508 e. The van der Waals surface area contributed by atoms with Crippen LogP contribution in [-0.4, -0.2) is 53.8 Å². The normalized spacial score (nSPS) is 13.6. The molecule has 4 aromatic carbocycles. The van der Waals surface area contributed by atoms with Crippen molar-refractivity contribution in [1.82, 2.24) is 0 Å². The van der Waals surface area contributed by atoms with Crippen molar-refractivity contribution < 1.29 is 49.8 Å². The molecule has 0 aliphatic heterocycles. The number of rotatable bonds is 1. The summed E-state index contributed by atoms with van der Waals surface area (Å²) in [5.74, 6) is -6.92. The fraction of sp³-hybridized carbons (Fsp3) is 0.0667. The Bertz CT molecular complexity index is 1810. The molecule has 10 nitrogen and oxygen atoms in total. The van der Waals surface area contributed by atoms with Crippen molar-refractivity contribution in [3.8, 4) is 45.6 Å². The number of benzene rings is 4. The highest BCUT2D eigenvalue weighted by Gasteiger charge is 2.41. The van der Waals surface area contributed by atoms with Gasteiger partial charge in [0.1, 0.15) is 34.5 Å². The predicted molar refractivity (Wildman–Crippen MR) is 138 cm³/mol. The van der Waals surface area contributed by atoms with Gasteiger partial charge in [-0.1, -0.05) is 0 Å². The zero-order chi connectivity index (χ0) is 28.9. The zero-order valence-corrected chi connectivity index (χ0v) is 20.8. The molecule has 0 fully saturated rings. The van der Waals surface area contributed by atoms with Gasteiger partial charge in [-0.3, -0.25) is 19.2 Å². The summed E-state index contributed by atoms with van der Waals surface area (Å²) in [5, 5.41) is 63.3. The summed E-state index contributed by atoms with van der Waals surface area (Å²) >= 11 is 0. The summed E-state index contributed by atoms with van der Waals surface area (Å²) < 4.78 is 0. The molecule has 0 saturated heterocycles. The number of phenolic OH excluding ortho intramolecular Hbond substituents is 6. The van der Waals surface area contributed by atoms with Gasteiger partial charge in [0, 0.05) is 56.6 Å². The third-order valence-corrected chi connectivity index (χ3v) is 7.32. The molecule has 6 rings (SSSR count). The van der Waals surface area contributed by atoms with Crippen LogP contribution in [0.4, 0.5) is 0 Å². The van der Waals surface area contributed by atoms with E-state index in [0.29, 0.717) is 0 Å². The second-order valence-corrected chi connectivity index (χ2v) is 9.77. The van der Waals surface area contributed by atoms with Crippen LogP contribution < -0.4 is 0 Å². The van der Waals surface area contributed by atoms with Gasteiger partial charge in [0.15, 0.2) is 23.1 Å². The van der Waals surface area contributed by atoms with Crippen LogP contribution in [0.15, 0.2) is 36.4 Å². The Morgan fingerprint density at radius 3 is 1.07 bits per heavy atom. The quantitative estimate of drug-likeness (QED) is 0.180. The summed E-state index contributed by atoms with van der Waals surface area (Å²) in [7, 11) is 0. The minimum Gasteiger partial charge on any atom is -0.508 e. The molecule has 0 spiro atoms. The summed E-state index contributed by atoms with van der Waals surface area (Å²) in [6, 6.07) is 6.23. The first-order chi connectivity index (χ1) is 18.8. The maximum absolute atomic E-state index is 13.8. The smallest absolute Gasteiger partial charge is 0.199 e. The Balaban J connectivity index is 1.76. The lowest BCUT2D eigenvalue weighted by molar-refractivity contribution is 0.0975. The van der Waals surface area contributed by atoms with Crippen LogP contribution in [0, 0.1) is 13.8 Å². The molecule has 0 bridgehead atoms. The van der Waals surface area contributed by atoms with Crippen LogP contribution in [0.25, 0.3) is 11.1 Å². The van der Waals surface area contributed by atoms with Gasteiger partial charge in [-0.05, 0) is 49.2 Å². The third kappa shape index (κ3) is 3.04. The van der Waals surface area contributed by atoms with Crippen LogP contribution in [-0.2, 0) is 0 Å². The van der Waals surface area contributed by atoms with E-state index in [1.54, 1.807) is 0 Å². The van der Waals surface area contributed by atoms with Gasteiger partial charge in [0.05, 0.1) is 11.1 Å². The molecule has 198 valence electrons. The second-order valence-electron chi connectivity index (χ2n) is 9.77. The van der Waals surface area contributed by atoms with Crippen molar-refractivity contribution in [2.24, 2.45) is 0 Å². The maximum atomic E-state index is 13.8. The van der Waals surface area contributed by atoms with Crippen molar-refractivity contribution in [2.75, 3.05) is 0 Å². The summed E-state index contributed by atoms with van der Waals surface area (Å²) in [5.41, 5.74) is -3.51. The Morgan fingerprint density at radius 1 is 0.400 bits per heavy atom. The van der Waals surface area contributed by atoms with Crippen LogP contribution in [0.5, 0.6) is 34.5 Å². The number of ketones is 4. The van der Waals surface area contributed by atoms with Gasteiger partial charge in [-0.15, -0.1) is 0 Å². The number of carbonyl (C=O) groups excluding carboxylic acids is 4. The molecular formula is C30H18O10. The molecule has 0 heterocycles. The molecule has 6 N–H and O–H groups in total. The van der Waals surface area contributed by atoms with E-state index < -0.39 is 91.0 Å². The monoisotopic (exact) mass is 538 g/mol.